The summed E-state index contributed by atoms with van der Waals surface area (Å²) in [6, 6.07) is 14.8. The molecule has 37 heavy (non-hydrogen) atoms. The molecule has 1 fully saturated rings. The van der Waals surface area contributed by atoms with Crippen LogP contribution in [0.3, 0.4) is 0 Å². The summed E-state index contributed by atoms with van der Waals surface area (Å²) in [5, 5.41) is 8.80. The normalized spacial score (nSPS) is 14.6. The lowest BCUT2D eigenvalue weighted by Crippen LogP contribution is -2.49. The fraction of sp³-hybridized carbons (Fsp3) is 0.407. The lowest BCUT2D eigenvalue weighted by atomic mass is 10.0. The number of hydrogen-bond donors (Lipinski definition) is 0. The Morgan fingerprint density at radius 2 is 1.57 bits per heavy atom. The van der Waals surface area contributed by atoms with Gasteiger partial charge in [0.1, 0.15) is 10.6 Å². The summed E-state index contributed by atoms with van der Waals surface area (Å²) in [4.78, 5) is 2.28. The quantitative estimate of drug-likeness (QED) is 0.410. The number of aromatic nitrogens is 2. The lowest BCUT2D eigenvalue weighted by molar-refractivity contribution is 0.327. The number of rotatable bonds is 9. The first-order chi connectivity index (χ1) is 17.8. The molecule has 10 heteroatoms. The highest BCUT2D eigenvalue weighted by atomic mass is 32.2. The van der Waals surface area contributed by atoms with Gasteiger partial charge in [0, 0.05) is 31.7 Å². The van der Waals surface area contributed by atoms with Crippen molar-refractivity contribution < 1.29 is 22.6 Å². The van der Waals surface area contributed by atoms with Gasteiger partial charge >= 0.3 is 0 Å². The molecule has 9 nitrogen and oxygen atoms in total. The molecule has 0 unspecified atom stereocenters. The molecular weight excluding hydrogens is 492 g/mol. The van der Waals surface area contributed by atoms with Crippen molar-refractivity contribution in [1.82, 2.24) is 14.5 Å². The van der Waals surface area contributed by atoms with Crippen LogP contribution in [0.5, 0.6) is 17.2 Å². The van der Waals surface area contributed by atoms with Gasteiger partial charge in [0.05, 0.1) is 26.5 Å². The Balaban J connectivity index is 1.48. The van der Waals surface area contributed by atoms with E-state index >= 15 is 0 Å². The van der Waals surface area contributed by atoms with Crippen molar-refractivity contribution in [3.63, 3.8) is 0 Å². The van der Waals surface area contributed by atoms with E-state index in [4.69, 9.17) is 14.2 Å². The topological polar surface area (TPSA) is 94.1 Å². The maximum absolute atomic E-state index is 13.6. The molecular formula is C27H34N4O5S. The van der Waals surface area contributed by atoms with Crippen LogP contribution in [-0.4, -0.2) is 69.9 Å². The van der Waals surface area contributed by atoms with E-state index in [0.717, 1.165) is 11.1 Å². The molecule has 1 aliphatic rings. The van der Waals surface area contributed by atoms with Gasteiger partial charge in [-0.25, -0.2) is 8.42 Å². The van der Waals surface area contributed by atoms with Crippen molar-refractivity contribution in [3.8, 4) is 28.5 Å². The minimum atomic E-state index is -3.71. The van der Waals surface area contributed by atoms with Crippen molar-refractivity contribution in [2.24, 2.45) is 0 Å². The molecule has 2 aromatic carbocycles. The Morgan fingerprint density at radius 1 is 0.865 bits per heavy atom. The third-order valence-electron chi connectivity index (χ3n) is 6.44. The van der Waals surface area contributed by atoms with Crippen LogP contribution in [-0.2, 0) is 10.0 Å². The maximum atomic E-state index is 13.6. The van der Waals surface area contributed by atoms with Gasteiger partial charge in [-0.2, -0.15) is 4.31 Å². The third kappa shape index (κ3) is 5.65. The highest BCUT2D eigenvalue weighted by molar-refractivity contribution is 7.89. The summed E-state index contributed by atoms with van der Waals surface area (Å²) in [6.45, 7) is 8.05. The zero-order valence-corrected chi connectivity index (χ0v) is 22.8. The van der Waals surface area contributed by atoms with Crippen LogP contribution < -0.4 is 19.1 Å². The molecule has 0 amide bonds. The predicted molar refractivity (Wildman–Crippen MR) is 143 cm³/mol. The average Bonchev–Trinajstić information content (AvgIpc) is 2.93. The molecule has 4 rings (SSSR count). The monoisotopic (exact) mass is 526 g/mol. The molecule has 2 heterocycles. The molecule has 0 aliphatic carbocycles. The third-order valence-corrected chi connectivity index (χ3v) is 8.36. The molecule has 0 radical (unpaired) electrons. The summed E-state index contributed by atoms with van der Waals surface area (Å²) in [5.41, 5.74) is 2.53. The number of sulfonamides is 1. The molecule has 0 bridgehead atoms. The first-order valence-corrected chi connectivity index (χ1v) is 13.8. The number of methoxy groups -OCH3 is 2. The van der Waals surface area contributed by atoms with Gasteiger partial charge in [-0.1, -0.05) is 19.9 Å². The van der Waals surface area contributed by atoms with Crippen LogP contribution in [0.4, 0.5) is 5.82 Å². The Morgan fingerprint density at radius 3 is 2.16 bits per heavy atom. The van der Waals surface area contributed by atoms with Gasteiger partial charge in [0.2, 0.25) is 10.0 Å². The van der Waals surface area contributed by atoms with Gasteiger partial charge in [0.15, 0.2) is 17.3 Å². The van der Waals surface area contributed by atoms with Crippen molar-refractivity contribution in [3.05, 3.63) is 54.1 Å². The van der Waals surface area contributed by atoms with Crippen molar-refractivity contribution >= 4 is 15.8 Å². The molecule has 0 N–H and O–H groups in total. The minimum absolute atomic E-state index is 0.210. The summed E-state index contributed by atoms with van der Waals surface area (Å²) >= 11 is 0. The zero-order valence-electron chi connectivity index (χ0n) is 22.0. The van der Waals surface area contributed by atoms with E-state index < -0.39 is 10.0 Å². The van der Waals surface area contributed by atoms with E-state index in [-0.39, 0.29) is 10.8 Å². The van der Waals surface area contributed by atoms with Gasteiger partial charge in [-0.15, -0.1) is 10.2 Å². The van der Waals surface area contributed by atoms with E-state index in [2.05, 4.69) is 10.2 Å². The lowest BCUT2D eigenvalue weighted by Gasteiger charge is -2.34. The number of benzene rings is 2. The number of nitrogens with zero attached hydrogens (tertiary/aromatic N) is 4. The van der Waals surface area contributed by atoms with Crippen molar-refractivity contribution in [2.75, 3.05) is 51.9 Å². The molecule has 0 atom stereocenters. The molecule has 1 aliphatic heterocycles. The van der Waals surface area contributed by atoms with E-state index in [1.165, 1.54) is 4.31 Å². The highest BCUT2D eigenvalue weighted by Gasteiger charge is 2.32. The Labute approximate surface area is 219 Å². The fourth-order valence-corrected chi connectivity index (χ4v) is 5.89. The largest absolute Gasteiger partial charge is 0.493 e. The second-order valence-electron chi connectivity index (χ2n) is 9.03. The smallest absolute Gasteiger partial charge is 0.246 e. The standard InChI is InChI=1S/C27H34N4O5S/c1-6-36-24-11-7-20(19(2)3)18-26(24)37(32,33)31-15-13-30(14-16-31)27-12-9-22(28-29-27)21-8-10-23(34-4)25(17-21)35-5/h7-12,17-19H,6,13-16H2,1-5H3. The number of piperazine rings is 1. The van der Waals surface area contributed by atoms with Gasteiger partial charge in [-0.05, 0) is 60.9 Å². The maximum Gasteiger partial charge on any atom is 0.246 e. The Kier molecular flexibility index (Phi) is 8.19. The van der Waals surface area contributed by atoms with Gasteiger partial charge in [-0.3, -0.25) is 0 Å². The Bertz CT molecular complexity index is 1320. The Hall–Kier alpha value is -3.37. The first kappa shape index (κ1) is 26.7. The van der Waals surface area contributed by atoms with Crippen LogP contribution in [0.2, 0.25) is 0 Å². The van der Waals surface area contributed by atoms with Gasteiger partial charge in [0.25, 0.3) is 0 Å². The minimum Gasteiger partial charge on any atom is -0.493 e. The molecule has 3 aromatic rings. The second kappa shape index (κ2) is 11.4. The molecule has 0 saturated carbocycles. The first-order valence-electron chi connectivity index (χ1n) is 12.4. The summed E-state index contributed by atoms with van der Waals surface area (Å²) in [6.07, 6.45) is 0. The molecule has 1 saturated heterocycles. The van der Waals surface area contributed by atoms with Gasteiger partial charge < -0.3 is 19.1 Å². The number of hydrogen-bond acceptors (Lipinski definition) is 8. The number of anilines is 1. The predicted octanol–water partition coefficient (Wildman–Crippen LogP) is 4.19. The van der Waals surface area contributed by atoms with E-state index in [0.29, 0.717) is 61.5 Å². The summed E-state index contributed by atoms with van der Waals surface area (Å²) in [7, 11) is -0.521. The zero-order chi connectivity index (χ0) is 26.6. The van der Waals surface area contributed by atoms with Crippen molar-refractivity contribution in [2.45, 2.75) is 31.6 Å². The number of ether oxygens (including phenoxy) is 3. The molecule has 198 valence electrons. The molecule has 0 spiro atoms. The highest BCUT2D eigenvalue weighted by Crippen LogP contribution is 2.33. The summed E-state index contributed by atoms with van der Waals surface area (Å²) < 4.78 is 45.0. The van der Waals surface area contributed by atoms with E-state index in [9.17, 15) is 8.42 Å². The molecule has 1 aromatic heterocycles. The van der Waals surface area contributed by atoms with Crippen LogP contribution in [0, 0.1) is 0 Å². The van der Waals surface area contributed by atoms with Crippen LogP contribution in [0.25, 0.3) is 11.3 Å². The van der Waals surface area contributed by atoms with E-state index in [1.807, 2.05) is 62.1 Å². The fourth-order valence-electron chi connectivity index (χ4n) is 4.30. The van der Waals surface area contributed by atoms with E-state index in [1.54, 1.807) is 26.4 Å². The van der Waals surface area contributed by atoms with Crippen LogP contribution in [0.1, 0.15) is 32.3 Å². The van der Waals surface area contributed by atoms with Crippen molar-refractivity contribution in [1.29, 1.82) is 0 Å². The van der Waals surface area contributed by atoms with Crippen LogP contribution >= 0.6 is 0 Å². The summed E-state index contributed by atoms with van der Waals surface area (Å²) in [5.74, 6) is 2.58. The SMILES string of the molecule is CCOc1ccc(C(C)C)cc1S(=O)(=O)N1CCN(c2ccc(-c3ccc(OC)c(OC)c3)nn2)CC1. The second-order valence-corrected chi connectivity index (χ2v) is 10.9. The van der Waals surface area contributed by atoms with Crippen LogP contribution in [0.15, 0.2) is 53.4 Å². The average molecular weight is 527 g/mol.